The maximum atomic E-state index is 11.4. The van der Waals surface area contributed by atoms with Crippen molar-refractivity contribution in [3.05, 3.63) is 23.3 Å². The van der Waals surface area contributed by atoms with Crippen LogP contribution in [0.2, 0.25) is 0 Å². The Balaban J connectivity index is 1.60. The third-order valence-electron chi connectivity index (χ3n) is 12.4. The molecular formula is C32H53NO2. The highest BCUT2D eigenvalue weighted by Gasteiger charge is 2.66. The quantitative estimate of drug-likeness (QED) is 0.255. The summed E-state index contributed by atoms with van der Waals surface area (Å²) < 4.78 is 6.41. The summed E-state index contributed by atoms with van der Waals surface area (Å²) in [6.07, 6.45) is 15.3. The Kier molecular flexibility index (Phi) is 7.82. The average Bonchev–Trinajstić information content (AvgIpc) is 3.17. The second-order valence-electron chi connectivity index (χ2n) is 14.2. The predicted molar refractivity (Wildman–Crippen MR) is 146 cm³/mol. The molecule has 0 radical (unpaired) electrons. The van der Waals surface area contributed by atoms with Gasteiger partial charge in [-0.25, -0.2) is 0 Å². The van der Waals surface area contributed by atoms with Crippen LogP contribution in [-0.2, 0) is 4.74 Å². The Morgan fingerprint density at radius 2 is 1.80 bits per heavy atom. The first kappa shape index (κ1) is 27.1. The summed E-state index contributed by atoms with van der Waals surface area (Å²) >= 11 is 0. The van der Waals surface area contributed by atoms with Crippen molar-refractivity contribution < 1.29 is 4.74 Å². The second kappa shape index (κ2) is 10.1. The molecule has 0 aromatic carbocycles. The van der Waals surface area contributed by atoms with Crippen molar-refractivity contribution in [3.8, 4) is 0 Å². The SMILES string of the molecule is C=C=C[C@]12C[C@@H](C)CC[C@]1(C)C1CC[C@@]3(C)C(CC[C@@H]3[C@H](C)CC[C@@H](N=O)C(C)C)C1[C@H](OC)C2. The fourth-order valence-electron chi connectivity index (χ4n) is 10.4. The smallest absolute Gasteiger partial charge is 0.0942 e. The number of nitrogens with zero attached hydrogens (tertiary/aromatic N) is 1. The molecule has 35 heavy (non-hydrogen) atoms. The Morgan fingerprint density at radius 1 is 1.06 bits per heavy atom. The molecule has 3 heteroatoms. The van der Waals surface area contributed by atoms with Crippen LogP contribution in [0.3, 0.4) is 0 Å². The number of rotatable bonds is 8. The van der Waals surface area contributed by atoms with Crippen molar-refractivity contribution in [1.82, 2.24) is 0 Å². The average molecular weight is 484 g/mol. The van der Waals surface area contributed by atoms with Crippen LogP contribution < -0.4 is 0 Å². The minimum absolute atomic E-state index is 0.0333. The van der Waals surface area contributed by atoms with E-state index in [4.69, 9.17) is 4.74 Å². The molecule has 0 bridgehead atoms. The van der Waals surface area contributed by atoms with Gasteiger partial charge >= 0.3 is 0 Å². The second-order valence-corrected chi connectivity index (χ2v) is 14.2. The van der Waals surface area contributed by atoms with E-state index in [-0.39, 0.29) is 11.5 Å². The summed E-state index contributed by atoms with van der Waals surface area (Å²) in [4.78, 5) is 11.4. The number of hydrogen-bond acceptors (Lipinski definition) is 3. The van der Waals surface area contributed by atoms with Gasteiger partial charge in [0.1, 0.15) is 0 Å². The van der Waals surface area contributed by atoms with Gasteiger partial charge in [-0.2, -0.15) is 4.91 Å². The Morgan fingerprint density at radius 3 is 2.43 bits per heavy atom. The molecule has 0 spiro atoms. The van der Waals surface area contributed by atoms with Crippen LogP contribution in [0.5, 0.6) is 0 Å². The zero-order valence-electron chi connectivity index (χ0n) is 23.8. The van der Waals surface area contributed by atoms with Crippen molar-refractivity contribution >= 4 is 0 Å². The highest BCUT2D eigenvalue weighted by Crippen LogP contribution is 2.72. The van der Waals surface area contributed by atoms with Gasteiger partial charge in [0.15, 0.2) is 0 Å². The van der Waals surface area contributed by atoms with E-state index < -0.39 is 0 Å². The highest BCUT2D eigenvalue weighted by molar-refractivity contribution is 5.20. The van der Waals surface area contributed by atoms with E-state index in [1.165, 1.54) is 44.9 Å². The van der Waals surface area contributed by atoms with Gasteiger partial charge in [-0.3, -0.25) is 0 Å². The van der Waals surface area contributed by atoms with Crippen molar-refractivity contribution in [2.45, 2.75) is 118 Å². The summed E-state index contributed by atoms with van der Waals surface area (Å²) in [5, 5.41) is 3.45. The summed E-state index contributed by atoms with van der Waals surface area (Å²) in [5.74, 6) is 4.67. The summed E-state index contributed by atoms with van der Waals surface area (Å²) in [7, 11) is 1.97. The lowest BCUT2D eigenvalue weighted by molar-refractivity contribution is -0.200. The van der Waals surface area contributed by atoms with Crippen LogP contribution in [0.4, 0.5) is 0 Å². The lowest BCUT2D eigenvalue weighted by Gasteiger charge is -2.67. The zero-order valence-corrected chi connectivity index (χ0v) is 23.8. The first-order chi connectivity index (χ1) is 16.6. The molecule has 0 heterocycles. The van der Waals surface area contributed by atoms with Crippen LogP contribution in [-0.4, -0.2) is 19.3 Å². The summed E-state index contributed by atoms with van der Waals surface area (Å²) in [5.41, 5.74) is 4.17. The van der Waals surface area contributed by atoms with Gasteiger partial charge in [-0.15, -0.1) is 5.73 Å². The van der Waals surface area contributed by atoms with Crippen LogP contribution in [0.15, 0.2) is 23.6 Å². The molecule has 198 valence electrons. The molecule has 4 aliphatic rings. The molecule has 11 atom stereocenters. The standard InChI is InChI=1S/C32H53NO2/c1-9-16-32-19-22(4)14-18-31(32,7)26-15-17-30(6)24(23(5)10-13-27(33-34)21(2)3)11-12-25(30)29(26)28(20-32)35-8/h16,21-29H,1,10-15,17-20H2,2-8H3/t22-,23+,24+,25?,26?,27+,28+,29?,30+,31+,32+/m0/s1. The molecule has 0 amide bonds. The first-order valence-electron chi connectivity index (χ1n) is 14.8. The van der Waals surface area contributed by atoms with Crippen LogP contribution in [0, 0.1) is 62.6 Å². The van der Waals surface area contributed by atoms with Gasteiger partial charge in [0, 0.05) is 12.5 Å². The van der Waals surface area contributed by atoms with Crippen LogP contribution in [0.1, 0.15) is 106 Å². The van der Waals surface area contributed by atoms with Gasteiger partial charge in [-0.05, 0) is 116 Å². The van der Waals surface area contributed by atoms with Crippen molar-refractivity contribution in [2.75, 3.05) is 7.11 Å². The lowest BCUT2D eigenvalue weighted by Crippen LogP contribution is -2.62. The van der Waals surface area contributed by atoms with Crippen molar-refractivity contribution in [3.63, 3.8) is 0 Å². The van der Waals surface area contributed by atoms with Crippen molar-refractivity contribution in [1.29, 1.82) is 0 Å². The molecule has 0 aromatic rings. The first-order valence-corrected chi connectivity index (χ1v) is 14.8. The molecule has 3 unspecified atom stereocenters. The van der Waals surface area contributed by atoms with Gasteiger partial charge in [0.25, 0.3) is 0 Å². The van der Waals surface area contributed by atoms with Gasteiger partial charge < -0.3 is 4.74 Å². The number of methoxy groups -OCH3 is 1. The minimum atomic E-state index is -0.0333. The summed E-state index contributed by atoms with van der Waals surface area (Å²) in [6, 6.07) is -0.0333. The van der Waals surface area contributed by atoms with E-state index in [0.29, 0.717) is 34.7 Å². The molecular weight excluding hydrogens is 430 g/mol. The third-order valence-corrected chi connectivity index (χ3v) is 12.4. The molecule has 4 saturated carbocycles. The Hall–Kier alpha value is -0.920. The third kappa shape index (κ3) is 4.31. The van der Waals surface area contributed by atoms with Gasteiger partial charge in [-0.1, -0.05) is 59.7 Å². The number of hydrogen-bond donors (Lipinski definition) is 0. The molecule has 0 aromatic heterocycles. The van der Waals surface area contributed by atoms with E-state index in [2.05, 4.69) is 65.1 Å². The lowest BCUT2D eigenvalue weighted by atomic mass is 9.38. The molecule has 0 saturated heterocycles. The maximum absolute atomic E-state index is 11.4. The summed E-state index contributed by atoms with van der Waals surface area (Å²) in [6.45, 7) is 18.5. The topological polar surface area (TPSA) is 38.7 Å². The van der Waals surface area contributed by atoms with E-state index >= 15 is 0 Å². The Labute approximate surface area is 215 Å². The molecule has 0 aliphatic heterocycles. The normalized spacial score (nSPS) is 46.6. The highest BCUT2D eigenvalue weighted by atomic mass is 16.5. The molecule has 4 aliphatic carbocycles. The fourth-order valence-corrected chi connectivity index (χ4v) is 10.4. The molecule has 0 N–H and O–H groups in total. The number of fused-ring (bicyclic) bond motifs is 5. The van der Waals surface area contributed by atoms with Crippen LogP contribution >= 0.6 is 0 Å². The minimum Gasteiger partial charge on any atom is -0.381 e. The number of ether oxygens (including phenoxy) is 1. The molecule has 4 fully saturated rings. The van der Waals surface area contributed by atoms with Crippen LogP contribution in [0.25, 0.3) is 0 Å². The number of nitroso groups, excluding NO2 is 1. The van der Waals surface area contributed by atoms with Crippen molar-refractivity contribution in [2.24, 2.45) is 62.8 Å². The predicted octanol–water partition coefficient (Wildman–Crippen LogP) is 8.82. The largest absolute Gasteiger partial charge is 0.381 e. The molecule has 4 rings (SSSR count). The monoisotopic (exact) mass is 483 g/mol. The fraction of sp³-hybridized carbons (Fsp3) is 0.906. The van der Waals surface area contributed by atoms with E-state index in [9.17, 15) is 4.91 Å². The van der Waals surface area contributed by atoms with Gasteiger partial charge in [0.05, 0.1) is 12.1 Å². The Bertz CT molecular complexity index is 816. The van der Waals surface area contributed by atoms with E-state index in [1.54, 1.807) is 0 Å². The van der Waals surface area contributed by atoms with Gasteiger partial charge in [0.2, 0.25) is 0 Å². The zero-order chi connectivity index (χ0) is 25.6. The van der Waals surface area contributed by atoms with E-state index in [0.717, 1.165) is 42.9 Å². The van der Waals surface area contributed by atoms with E-state index in [1.807, 2.05) is 7.11 Å². The maximum Gasteiger partial charge on any atom is 0.0942 e. The number of allylic oxidation sites excluding steroid dienone is 1. The molecule has 3 nitrogen and oxygen atoms in total.